The Morgan fingerprint density at radius 3 is 2.33 bits per heavy atom. The molecule has 1 saturated carbocycles. The number of anilines is 3. The van der Waals surface area contributed by atoms with Crippen molar-refractivity contribution in [2.75, 3.05) is 15.5 Å². The van der Waals surface area contributed by atoms with Gasteiger partial charge in [0.15, 0.2) is 0 Å². The topological polar surface area (TPSA) is 96.3 Å². The summed E-state index contributed by atoms with van der Waals surface area (Å²) >= 11 is 0. The second-order valence-corrected chi connectivity index (χ2v) is 8.80. The lowest BCUT2D eigenvalue weighted by Gasteiger charge is -2.30. The number of aromatic nitrogens is 2. The summed E-state index contributed by atoms with van der Waals surface area (Å²) in [5.74, 6) is 0.212. The molecule has 33 heavy (non-hydrogen) atoms. The molecule has 8 nitrogen and oxygen atoms in total. The fraction of sp³-hybridized carbons (Fsp3) is 0.360. The average Bonchev–Trinajstić information content (AvgIpc) is 3.29. The van der Waals surface area contributed by atoms with E-state index >= 15 is 0 Å². The highest BCUT2D eigenvalue weighted by Gasteiger charge is 2.44. The molecule has 0 radical (unpaired) electrons. The average molecular weight is 446 g/mol. The SMILES string of the molecule is CC(=O)Nc1ccc(NC(=O)C[C@H]2C(=O)N(C3CCCCC3)c3nc4ccccc4n32)cc1. The summed E-state index contributed by atoms with van der Waals surface area (Å²) in [5.41, 5.74) is 2.97. The molecule has 2 aromatic carbocycles. The summed E-state index contributed by atoms with van der Waals surface area (Å²) in [6.07, 6.45) is 5.37. The van der Waals surface area contributed by atoms with Crippen molar-refractivity contribution in [2.45, 2.75) is 57.5 Å². The molecule has 2 N–H and O–H groups in total. The van der Waals surface area contributed by atoms with Crippen LogP contribution in [-0.2, 0) is 14.4 Å². The third-order valence-corrected chi connectivity index (χ3v) is 6.43. The first-order valence-electron chi connectivity index (χ1n) is 11.5. The first-order valence-corrected chi connectivity index (χ1v) is 11.5. The Kier molecular flexibility index (Phi) is 5.58. The van der Waals surface area contributed by atoms with Crippen molar-refractivity contribution in [1.29, 1.82) is 0 Å². The maximum atomic E-state index is 13.5. The number of imidazole rings is 1. The van der Waals surface area contributed by atoms with Gasteiger partial charge in [-0.15, -0.1) is 0 Å². The van der Waals surface area contributed by atoms with Crippen LogP contribution in [0, 0.1) is 0 Å². The molecule has 3 aromatic rings. The van der Waals surface area contributed by atoms with Crippen LogP contribution in [0.5, 0.6) is 0 Å². The number of amides is 3. The van der Waals surface area contributed by atoms with Crippen LogP contribution in [0.4, 0.5) is 17.3 Å². The molecule has 3 amide bonds. The fourth-order valence-electron chi connectivity index (χ4n) is 4.97. The summed E-state index contributed by atoms with van der Waals surface area (Å²) in [7, 11) is 0. The van der Waals surface area contributed by atoms with Crippen molar-refractivity contribution in [2.24, 2.45) is 0 Å². The minimum Gasteiger partial charge on any atom is -0.326 e. The zero-order chi connectivity index (χ0) is 22.9. The highest BCUT2D eigenvalue weighted by molar-refractivity contribution is 6.05. The number of nitrogens with zero attached hydrogens (tertiary/aromatic N) is 3. The minimum absolute atomic E-state index is 0.0306. The quantitative estimate of drug-likeness (QED) is 0.614. The molecule has 2 heterocycles. The van der Waals surface area contributed by atoms with Gasteiger partial charge in [0.2, 0.25) is 17.8 Å². The summed E-state index contributed by atoms with van der Waals surface area (Å²) in [5, 5.41) is 5.58. The van der Waals surface area contributed by atoms with Crippen LogP contribution < -0.4 is 15.5 Å². The van der Waals surface area contributed by atoms with Crippen LogP contribution in [0.1, 0.15) is 51.5 Å². The maximum Gasteiger partial charge on any atom is 0.253 e. The van der Waals surface area contributed by atoms with Crippen molar-refractivity contribution >= 4 is 46.1 Å². The van der Waals surface area contributed by atoms with Crippen molar-refractivity contribution in [3.63, 3.8) is 0 Å². The van der Waals surface area contributed by atoms with E-state index in [4.69, 9.17) is 4.98 Å². The van der Waals surface area contributed by atoms with Crippen molar-refractivity contribution in [3.05, 3.63) is 48.5 Å². The predicted octanol–water partition coefficient (Wildman–Crippen LogP) is 4.24. The molecule has 0 bridgehead atoms. The Balaban J connectivity index is 1.39. The predicted molar refractivity (Wildman–Crippen MR) is 127 cm³/mol. The number of rotatable bonds is 5. The molecular weight excluding hydrogens is 418 g/mol. The van der Waals surface area contributed by atoms with E-state index in [2.05, 4.69) is 10.6 Å². The lowest BCUT2D eigenvalue weighted by molar-refractivity contribution is -0.125. The van der Waals surface area contributed by atoms with Crippen LogP contribution in [0.15, 0.2) is 48.5 Å². The molecule has 1 fully saturated rings. The summed E-state index contributed by atoms with van der Waals surface area (Å²) in [6, 6.07) is 14.2. The minimum atomic E-state index is -0.618. The van der Waals surface area contributed by atoms with E-state index < -0.39 is 6.04 Å². The number of fused-ring (bicyclic) bond motifs is 3. The lowest BCUT2D eigenvalue weighted by Crippen LogP contribution is -2.41. The third-order valence-electron chi connectivity index (χ3n) is 6.43. The van der Waals surface area contributed by atoms with E-state index in [-0.39, 0.29) is 30.2 Å². The second kappa shape index (κ2) is 8.69. The molecule has 0 spiro atoms. The molecule has 5 rings (SSSR count). The molecule has 1 aromatic heterocycles. The number of para-hydroxylation sites is 2. The van der Waals surface area contributed by atoms with E-state index in [0.29, 0.717) is 17.3 Å². The van der Waals surface area contributed by atoms with Gasteiger partial charge in [0.25, 0.3) is 5.91 Å². The van der Waals surface area contributed by atoms with Crippen molar-refractivity contribution in [3.8, 4) is 0 Å². The zero-order valence-electron chi connectivity index (χ0n) is 18.6. The second-order valence-electron chi connectivity index (χ2n) is 8.80. The molecule has 170 valence electrons. The Labute approximate surface area is 192 Å². The largest absolute Gasteiger partial charge is 0.326 e. The first kappa shape index (κ1) is 21.2. The molecule has 8 heteroatoms. The Bertz CT molecular complexity index is 1210. The molecule has 2 aliphatic rings. The summed E-state index contributed by atoms with van der Waals surface area (Å²) < 4.78 is 1.94. The van der Waals surface area contributed by atoms with Gasteiger partial charge in [-0.3, -0.25) is 23.9 Å². The van der Waals surface area contributed by atoms with Gasteiger partial charge in [-0.25, -0.2) is 4.98 Å². The van der Waals surface area contributed by atoms with Gasteiger partial charge in [-0.05, 0) is 49.2 Å². The number of hydrogen-bond acceptors (Lipinski definition) is 4. The number of hydrogen-bond donors (Lipinski definition) is 2. The molecule has 1 aliphatic carbocycles. The highest BCUT2D eigenvalue weighted by Crippen LogP contribution is 2.40. The third kappa shape index (κ3) is 4.08. The van der Waals surface area contributed by atoms with Crippen LogP contribution in [0.25, 0.3) is 11.0 Å². The van der Waals surface area contributed by atoms with Crippen LogP contribution in [-0.4, -0.2) is 33.3 Å². The lowest BCUT2D eigenvalue weighted by atomic mass is 9.94. The molecule has 1 aliphatic heterocycles. The van der Waals surface area contributed by atoms with E-state index in [0.717, 1.165) is 36.7 Å². The fourth-order valence-corrected chi connectivity index (χ4v) is 4.97. The number of carbonyl (C=O) groups excluding carboxylic acids is 3. The van der Waals surface area contributed by atoms with Gasteiger partial charge < -0.3 is 10.6 Å². The first-order chi connectivity index (χ1) is 16.0. The Morgan fingerprint density at radius 1 is 0.970 bits per heavy atom. The van der Waals surface area contributed by atoms with Gasteiger partial charge in [0, 0.05) is 24.3 Å². The van der Waals surface area contributed by atoms with E-state index in [1.54, 1.807) is 24.3 Å². The van der Waals surface area contributed by atoms with Gasteiger partial charge in [-0.1, -0.05) is 31.4 Å². The smallest absolute Gasteiger partial charge is 0.253 e. The molecule has 0 saturated heterocycles. The van der Waals surface area contributed by atoms with Gasteiger partial charge >= 0.3 is 0 Å². The number of nitrogens with one attached hydrogen (secondary N) is 2. The van der Waals surface area contributed by atoms with Crippen LogP contribution >= 0.6 is 0 Å². The van der Waals surface area contributed by atoms with E-state index in [1.807, 2.05) is 33.7 Å². The van der Waals surface area contributed by atoms with Gasteiger partial charge in [0.05, 0.1) is 17.5 Å². The maximum absolute atomic E-state index is 13.5. The van der Waals surface area contributed by atoms with Crippen LogP contribution in [0.2, 0.25) is 0 Å². The molecule has 1 atom stereocenters. The highest BCUT2D eigenvalue weighted by atomic mass is 16.2. The number of carbonyl (C=O) groups is 3. The van der Waals surface area contributed by atoms with Gasteiger partial charge in [-0.2, -0.15) is 0 Å². The van der Waals surface area contributed by atoms with E-state index in [1.165, 1.54) is 13.3 Å². The van der Waals surface area contributed by atoms with Crippen LogP contribution in [0.3, 0.4) is 0 Å². The Hall–Kier alpha value is -3.68. The van der Waals surface area contributed by atoms with E-state index in [9.17, 15) is 14.4 Å². The Morgan fingerprint density at radius 2 is 1.64 bits per heavy atom. The zero-order valence-corrected chi connectivity index (χ0v) is 18.6. The molecular formula is C25H27N5O3. The standard InChI is InChI=1S/C25H27N5O3/c1-16(31)26-17-11-13-18(14-12-17)27-23(32)15-22-24(33)29(19-7-3-2-4-8-19)25-28-20-9-5-6-10-21(20)30(22)25/h5-6,9-14,19,22H,2-4,7-8,15H2,1H3,(H,26,31)(H,27,32)/t22-/m0/s1. The molecule has 0 unspecified atom stereocenters. The normalized spacial score (nSPS) is 18.4. The summed E-state index contributed by atoms with van der Waals surface area (Å²) in [4.78, 5) is 44.3. The monoisotopic (exact) mass is 445 g/mol. The number of benzene rings is 2. The van der Waals surface area contributed by atoms with Crippen molar-refractivity contribution in [1.82, 2.24) is 9.55 Å². The van der Waals surface area contributed by atoms with Crippen molar-refractivity contribution < 1.29 is 14.4 Å². The van der Waals surface area contributed by atoms with Gasteiger partial charge in [0.1, 0.15) is 6.04 Å². The summed E-state index contributed by atoms with van der Waals surface area (Å²) in [6.45, 7) is 1.44.